The maximum atomic E-state index is 12.6. The second-order valence-electron chi connectivity index (χ2n) is 5.68. The maximum absolute atomic E-state index is 12.6. The highest BCUT2D eigenvalue weighted by molar-refractivity contribution is 7.87. The molecule has 29 heavy (non-hydrogen) atoms. The number of carboxylic acid groups (broad SMARTS) is 1. The van der Waals surface area contributed by atoms with Crippen LogP contribution in [-0.2, 0) is 16.7 Å². The number of rotatable bonds is 6. The van der Waals surface area contributed by atoms with E-state index in [2.05, 4.69) is 12.2 Å². The maximum Gasteiger partial charge on any atom is 0.413 e. The van der Waals surface area contributed by atoms with Crippen LogP contribution in [0.3, 0.4) is 0 Å². The lowest BCUT2D eigenvalue weighted by molar-refractivity contribution is -0.385. The van der Waals surface area contributed by atoms with E-state index in [0.717, 1.165) is 18.2 Å². The van der Waals surface area contributed by atoms with Crippen LogP contribution in [0.25, 0.3) is 0 Å². The van der Waals surface area contributed by atoms with Gasteiger partial charge in [-0.2, -0.15) is 8.42 Å². The van der Waals surface area contributed by atoms with Gasteiger partial charge in [0.05, 0.1) is 16.5 Å². The predicted octanol–water partition coefficient (Wildman–Crippen LogP) is 3.05. The molecule has 0 bridgehead atoms. The van der Waals surface area contributed by atoms with Gasteiger partial charge in [-0.1, -0.05) is 23.7 Å². The monoisotopic (exact) mass is 459 g/mol. The Balaban J connectivity index is 2.47. The molecule has 0 radical (unpaired) electrons. The van der Waals surface area contributed by atoms with E-state index in [1.165, 1.54) is 6.07 Å². The molecule has 0 saturated carbocycles. The fourth-order valence-electron chi connectivity index (χ4n) is 2.29. The Kier molecular flexibility index (Phi) is 6.62. The van der Waals surface area contributed by atoms with Crippen molar-refractivity contribution in [3.8, 4) is 5.75 Å². The highest BCUT2D eigenvalue weighted by atomic mass is 35.5. The van der Waals surface area contributed by atoms with E-state index in [9.17, 15) is 23.3 Å². The van der Waals surface area contributed by atoms with Crippen molar-refractivity contribution in [1.82, 2.24) is 4.90 Å². The van der Waals surface area contributed by atoms with E-state index in [4.69, 9.17) is 26.6 Å². The van der Waals surface area contributed by atoms with E-state index in [-0.39, 0.29) is 16.3 Å². The van der Waals surface area contributed by atoms with Crippen molar-refractivity contribution in [1.29, 1.82) is 0 Å². The molecule has 0 spiro atoms. The fourth-order valence-corrected chi connectivity index (χ4v) is 3.77. The van der Waals surface area contributed by atoms with Gasteiger partial charge in [0.1, 0.15) is 4.90 Å². The summed E-state index contributed by atoms with van der Waals surface area (Å²) < 4.78 is 30.2. The van der Waals surface area contributed by atoms with Crippen LogP contribution >= 0.6 is 23.8 Å². The third-order valence-corrected chi connectivity index (χ3v) is 5.46. The molecule has 2 aromatic rings. The summed E-state index contributed by atoms with van der Waals surface area (Å²) in [5.74, 6) is -0.105. The Morgan fingerprint density at radius 1 is 1.38 bits per heavy atom. The number of para-hydroxylation sites is 1. The van der Waals surface area contributed by atoms with Crippen LogP contribution in [-0.4, -0.2) is 34.6 Å². The number of halogens is 1. The van der Waals surface area contributed by atoms with Gasteiger partial charge >= 0.3 is 16.2 Å². The summed E-state index contributed by atoms with van der Waals surface area (Å²) in [5.41, 5.74) is 4.99. The zero-order valence-electron chi connectivity index (χ0n) is 14.7. The number of hydrogen-bond donors (Lipinski definition) is 2. The summed E-state index contributed by atoms with van der Waals surface area (Å²) in [6.45, 7) is 1.05. The summed E-state index contributed by atoms with van der Waals surface area (Å²) in [6, 6.07) is 7.51. The van der Waals surface area contributed by atoms with Gasteiger partial charge < -0.3 is 15.0 Å². The molecule has 0 fully saturated rings. The van der Waals surface area contributed by atoms with E-state index >= 15 is 0 Å². The largest absolute Gasteiger partial charge is 0.465 e. The molecule has 3 N–H and O–H groups in total. The molecule has 2 aromatic carbocycles. The van der Waals surface area contributed by atoms with E-state index in [1.807, 2.05) is 0 Å². The van der Waals surface area contributed by atoms with Crippen molar-refractivity contribution in [3.05, 3.63) is 62.7 Å². The molecule has 1 amide bonds. The average Bonchev–Trinajstić information content (AvgIpc) is 2.62. The fraction of sp³-hybridized carbons (Fsp3) is 0.125. The Morgan fingerprint density at radius 3 is 2.55 bits per heavy atom. The van der Waals surface area contributed by atoms with E-state index in [1.54, 1.807) is 19.1 Å². The molecule has 0 aliphatic rings. The number of amides is 1. The summed E-state index contributed by atoms with van der Waals surface area (Å²) in [7, 11) is -4.46. The summed E-state index contributed by atoms with van der Waals surface area (Å²) >= 11 is 10.6. The van der Waals surface area contributed by atoms with Crippen LogP contribution in [0, 0.1) is 17.0 Å². The molecule has 10 nitrogen and oxygen atoms in total. The first kappa shape index (κ1) is 22.3. The van der Waals surface area contributed by atoms with Gasteiger partial charge in [-0.3, -0.25) is 10.1 Å². The Hall–Kier alpha value is -2.96. The summed E-state index contributed by atoms with van der Waals surface area (Å²) in [6.07, 6.45) is -1.51. The SMILES string of the molecule is Cc1cccc(Cl)c1OS(=O)(=O)c1ccc(CN(C(=O)O)C(N)=S)c([N+](=O)[O-])c1. The standard InChI is InChI=1S/C16H14ClN3O7S2/c1-9-3-2-4-12(17)14(9)27-29(25,26)11-6-5-10(13(7-11)20(23)24)8-19(15(18)28)16(21)22/h2-7H,8H2,1H3,(H2,18,28)(H,21,22). The van der Waals surface area contributed by atoms with Gasteiger partial charge in [-0.15, -0.1) is 0 Å². The molecular weight excluding hydrogens is 446 g/mol. The summed E-state index contributed by atoms with van der Waals surface area (Å²) in [5, 5.41) is 20.0. The van der Waals surface area contributed by atoms with Gasteiger partial charge in [-0.05, 0) is 42.9 Å². The first-order valence-corrected chi connectivity index (χ1v) is 9.90. The van der Waals surface area contributed by atoms with Crippen molar-refractivity contribution < 1.29 is 27.4 Å². The molecular formula is C16H14ClN3O7S2. The highest BCUT2D eigenvalue weighted by Crippen LogP contribution is 2.32. The zero-order valence-corrected chi connectivity index (χ0v) is 17.1. The number of hydrogen-bond acceptors (Lipinski definition) is 7. The summed E-state index contributed by atoms with van der Waals surface area (Å²) in [4.78, 5) is 21.7. The van der Waals surface area contributed by atoms with Crippen molar-refractivity contribution in [2.24, 2.45) is 5.73 Å². The zero-order chi connectivity index (χ0) is 21.9. The number of aryl methyl sites for hydroxylation is 1. The third kappa shape index (κ3) is 5.10. The first-order valence-electron chi connectivity index (χ1n) is 7.71. The van der Waals surface area contributed by atoms with Crippen LogP contribution in [0.1, 0.15) is 11.1 Å². The normalized spacial score (nSPS) is 11.0. The Morgan fingerprint density at radius 2 is 2.03 bits per heavy atom. The lowest BCUT2D eigenvalue weighted by Gasteiger charge is -2.17. The minimum atomic E-state index is -4.46. The molecule has 0 unspecified atom stereocenters. The number of nitro groups is 1. The van der Waals surface area contributed by atoms with E-state index in [0.29, 0.717) is 10.5 Å². The van der Waals surface area contributed by atoms with Crippen LogP contribution in [0.5, 0.6) is 5.75 Å². The number of nitro benzene ring substituents is 1. The van der Waals surface area contributed by atoms with Crippen molar-refractivity contribution >= 4 is 50.8 Å². The minimum absolute atomic E-state index is 0.0493. The van der Waals surface area contributed by atoms with E-state index < -0.39 is 43.4 Å². The first-order chi connectivity index (χ1) is 13.4. The van der Waals surface area contributed by atoms with Crippen LogP contribution in [0.15, 0.2) is 41.3 Å². The van der Waals surface area contributed by atoms with Gasteiger partial charge in [-0.25, -0.2) is 9.69 Å². The van der Waals surface area contributed by atoms with Crippen molar-refractivity contribution in [2.75, 3.05) is 0 Å². The molecule has 2 rings (SSSR count). The highest BCUT2D eigenvalue weighted by Gasteiger charge is 2.26. The third-order valence-electron chi connectivity index (χ3n) is 3.72. The van der Waals surface area contributed by atoms with Gasteiger partial charge in [0.2, 0.25) is 0 Å². The molecule has 0 aliphatic carbocycles. The minimum Gasteiger partial charge on any atom is -0.465 e. The Bertz CT molecular complexity index is 1070. The average molecular weight is 460 g/mol. The second-order valence-corrected chi connectivity index (χ2v) is 8.05. The number of carbonyl (C=O) groups is 1. The van der Waals surface area contributed by atoms with Gasteiger partial charge in [0.15, 0.2) is 10.9 Å². The number of nitrogens with zero attached hydrogens (tertiary/aromatic N) is 2. The van der Waals surface area contributed by atoms with Crippen LogP contribution in [0.4, 0.5) is 10.5 Å². The lowest BCUT2D eigenvalue weighted by Crippen LogP contribution is -2.39. The molecule has 13 heteroatoms. The van der Waals surface area contributed by atoms with Gasteiger partial charge in [0, 0.05) is 11.6 Å². The van der Waals surface area contributed by atoms with Crippen molar-refractivity contribution in [3.63, 3.8) is 0 Å². The number of nitrogens with two attached hydrogens (primary N) is 1. The number of benzene rings is 2. The van der Waals surface area contributed by atoms with Crippen LogP contribution in [0.2, 0.25) is 5.02 Å². The van der Waals surface area contributed by atoms with Crippen molar-refractivity contribution in [2.45, 2.75) is 18.4 Å². The molecule has 0 aromatic heterocycles. The lowest BCUT2D eigenvalue weighted by atomic mass is 10.1. The molecule has 154 valence electrons. The second kappa shape index (κ2) is 8.59. The van der Waals surface area contributed by atoms with Crippen LogP contribution < -0.4 is 9.92 Å². The topological polar surface area (TPSA) is 153 Å². The molecule has 0 atom stereocenters. The quantitative estimate of drug-likeness (QED) is 0.287. The number of thiocarbonyl (C=S) groups is 1. The molecule has 0 saturated heterocycles. The molecule has 0 aliphatic heterocycles. The Labute approximate surface area is 175 Å². The van der Waals surface area contributed by atoms with Gasteiger partial charge in [0.25, 0.3) is 5.69 Å². The molecule has 0 heterocycles. The smallest absolute Gasteiger partial charge is 0.413 e. The predicted molar refractivity (Wildman–Crippen MR) is 107 cm³/mol.